The van der Waals surface area contributed by atoms with Gasteiger partial charge in [0.1, 0.15) is 0 Å². The number of rotatable bonds is 2. The molecule has 1 saturated carbocycles. The number of fused-ring (bicyclic) bond motifs is 1. The molecular formula is C13H16O2. The first-order valence-corrected chi connectivity index (χ1v) is 5.71. The smallest absolute Gasteiger partial charge is 0.331 e. The number of aliphatic carboxylic acids is 1. The van der Waals surface area contributed by atoms with Crippen molar-refractivity contribution >= 4 is 5.97 Å². The molecule has 2 bridgehead atoms. The van der Waals surface area contributed by atoms with Gasteiger partial charge >= 0.3 is 5.97 Å². The predicted molar refractivity (Wildman–Crippen MR) is 57.3 cm³/mol. The molecule has 0 aromatic carbocycles. The SMILES string of the molecule is CC(C)C1CC23C=C(C(=O)O)C1C=C2C3. The molecule has 1 fully saturated rings. The summed E-state index contributed by atoms with van der Waals surface area (Å²) >= 11 is 0. The molecular weight excluding hydrogens is 188 g/mol. The van der Waals surface area contributed by atoms with Crippen LogP contribution in [0, 0.1) is 23.2 Å². The van der Waals surface area contributed by atoms with Gasteiger partial charge in [-0.05, 0) is 24.7 Å². The second kappa shape index (κ2) is 2.55. The first-order chi connectivity index (χ1) is 7.03. The largest absolute Gasteiger partial charge is 0.478 e. The molecule has 4 aliphatic rings. The summed E-state index contributed by atoms with van der Waals surface area (Å²) in [6.45, 7) is 4.41. The lowest BCUT2D eigenvalue weighted by molar-refractivity contribution is -0.133. The van der Waals surface area contributed by atoms with Crippen molar-refractivity contribution < 1.29 is 9.90 Å². The van der Waals surface area contributed by atoms with Crippen LogP contribution in [0.5, 0.6) is 0 Å². The number of carboxylic acids is 1. The number of carboxylic acid groups (broad SMARTS) is 1. The van der Waals surface area contributed by atoms with E-state index < -0.39 is 5.97 Å². The third kappa shape index (κ3) is 1.08. The third-order valence-corrected chi connectivity index (χ3v) is 4.36. The van der Waals surface area contributed by atoms with Crippen LogP contribution < -0.4 is 0 Å². The topological polar surface area (TPSA) is 37.3 Å². The van der Waals surface area contributed by atoms with Crippen LogP contribution in [-0.4, -0.2) is 11.1 Å². The van der Waals surface area contributed by atoms with Crippen molar-refractivity contribution in [2.45, 2.75) is 26.7 Å². The van der Waals surface area contributed by atoms with Crippen LogP contribution in [0.15, 0.2) is 23.3 Å². The first kappa shape index (κ1) is 9.20. The van der Waals surface area contributed by atoms with Gasteiger partial charge in [-0.15, -0.1) is 0 Å². The summed E-state index contributed by atoms with van der Waals surface area (Å²) in [6, 6.07) is 0. The minimum Gasteiger partial charge on any atom is -0.478 e. The Bertz CT molecular complexity index is 403. The highest BCUT2D eigenvalue weighted by Gasteiger charge is 2.57. The van der Waals surface area contributed by atoms with E-state index in [1.807, 2.05) is 6.08 Å². The van der Waals surface area contributed by atoms with Gasteiger partial charge in [0.05, 0.1) is 0 Å². The molecule has 1 spiro atoms. The van der Waals surface area contributed by atoms with E-state index in [-0.39, 0.29) is 11.3 Å². The molecule has 4 rings (SSSR count). The van der Waals surface area contributed by atoms with Gasteiger partial charge in [0.2, 0.25) is 0 Å². The molecule has 0 radical (unpaired) electrons. The summed E-state index contributed by atoms with van der Waals surface area (Å²) in [5.41, 5.74) is 2.33. The van der Waals surface area contributed by atoms with Crippen LogP contribution in [-0.2, 0) is 4.79 Å². The Morgan fingerprint density at radius 2 is 2.33 bits per heavy atom. The minimum atomic E-state index is -0.716. The molecule has 0 amide bonds. The highest BCUT2D eigenvalue weighted by atomic mass is 16.4. The molecule has 2 heteroatoms. The molecule has 0 saturated heterocycles. The second-order valence-electron chi connectivity index (χ2n) is 5.57. The number of allylic oxidation sites excluding steroid dienone is 3. The number of hydrogen-bond acceptors (Lipinski definition) is 1. The molecule has 3 atom stereocenters. The van der Waals surface area contributed by atoms with Crippen molar-refractivity contribution in [3.8, 4) is 0 Å². The molecule has 0 aromatic heterocycles. The summed E-state index contributed by atoms with van der Waals surface area (Å²) < 4.78 is 0. The van der Waals surface area contributed by atoms with E-state index in [4.69, 9.17) is 0 Å². The molecule has 1 N–H and O–H groups in total. The fraction of sp³-hybridized carbons (Fsp3) is 0.615. The molecule has 3 unspecified atom stereocenters. The van der Waals surface area contributed by atoms with Crippen LogP contribution in [0.1, 0.15) is 26.7 Å². The Hall–Kier alpha value is -1.05. The number of hydrogen-bond donors (Lipinski definition) is 1. The Morgan fingerprint density at radius 3 is 2.87 bits per heavy atom. The summed E-state index contributed by atoms with van der Waals surface area (Å²) in [5, 5.41) is 9.20. The van der Waals surface area contributed by atoms with Crippen molar-refractivity contribution in [1.82, 2.24) is 0 Å². The Morgan fingerprint density at radius 1 is 1.60 bits per heavy atom. The fourth-order valence-corrected chi connectivity index (χ4v) is 3.38. The monoisotopic (exact) mass is 204 g/mol. The quantitative estimate of drug-likeness (QED) is 0.702. The maximum absolute atomic E-state index is 11.2. The average Bonchev–Trinajstić information content (AvgIpc) is 2.88. The Balaban J connectivity index is 2.03. The van der Waals surface area contributed by atoms with Crippen molar-refractivity contribution in [3.63, 3.8) is 0 Å². The lowest BCUT2D eigenvalue weighted by Gasteiger charge is -2.39. The van der Waals surface area contributed by atoms with Gasteiger partial charge in [-0.3, -0.25) is 0 Å². The first-order valence-electron chi connectivity index (χ1n) is 5.71. The van der Waals surface area contributed by atoms with Gasteiger partial charge in [0.15, 0.2) is 0 Å². The molecule has 80 valence electrons. The lowest BCUT2D eigenvalue weighted by atomic mass is 9.65. The van der Waals surface area contributed by atoms with E-state index in [0.29, 0.717) is 17.4 Å². The molecule has 0 aliphatic heterocycles. The standard InChI is InChI=1S/C13H16O2/c1-7(2)10-5-13-4-8(13)3-9(10)11(6-13)12(14)15/h3,6-7,9-10H,4-5H2,1-2H3,(H,14,15). The molecule has 0 heterocycles. The molecule has 15 heavy (non-hydrogen) atoms. The molecule has 0 aromatic rings. The third-order valence-electron chi connectivity index (χ3n) is 4.36. The molecule has 2 nitrogen and oxygen atoms in total. The van der Waals surface area contributed by atoms with Gasteiger partial charge in [0, 0.05) is 16.9 Å². The zero-order valence-electron chi connectivity index (χ0n) is 9.16. The average molecular weight is 204 g/mol. The van der Waals surface area contributed by atoms with Gasteiger partial charge in [0.25, 0.3) is 0 Å². The van der Waals surface area contributed by atoms with Crippen molar-refractivity contribution in [2.24, 2.45) is 23.2 Å². The van der Waals surface area contributed by atoms with Crippen molar-refractivity contribution in [2.75, 3.05) is 0 Å². The van der Waals surface area contributed by atoms with E-state index in [1.165, 1.54) is 12.0 Å². The maximum atomic E-state index is 11.2. The number of carbonyl (C=O) groups is 1. The summed E-state index contributed by atoms with van der Waals surface area (Å²) in [4.78, 5) is 11.2. The van der Waals surface area contributed by atoms with Gasteiger partial charge in [-0.25, -0.2) is 4.79 Å². The van der Waals surface area contributed by atoms with Crippen molar-refractivity contribution in [3.05, 3.63) is 23.3 Å². The van der Waals surface area contributed by atoms with Crippen LogP contribution >= 0.6 is 0 Å². The predicted octanol–water partition coefficient (Wildman–Crippen LogP) is 2.62. The zero-order chi connectivity index (χ0) is 10.8. The van der Waals surface area contributed by atoms with E-state index in [0.717, 1.165) is 6.42 Å². The van der Waals surface area contributed by atoms with E-state index in [9.17, 15) is 9.90 Å². The Kier molecular flexibility index (Phi) is 1.56. The van der Waals surface area contributed by atoms with Gasteiger partial charge in [-0.1, -0.05) is 31.6 Å². The van der Waals surface area contributed by atoms with Crippen molar-refractivity contribution in [1.29, 1.82) is 0 Å². The molecule has 4 aliphatic carbocycles. The van der Waals surface area contributed by atoms with E-state index in [2.05, 4.69) is 19.9 Å². The van der Waals surface area contributed by atoms with Gasteiger partial charge in [-0.2, -0.15) is 0 Å². The Labute approximate surface area is 89.7 Å². The maximum Gasteiger partial charge on any atom is 0.331 e. The summed E-state index contributed by atoms with van der Waals surface area (Å²) in [6.07, 6.45) is 6.56. The van der Waals surface area contributed by atoms with E-state index in [1.54, 1.807) is 0 Å². The van der Waals surface area contributed by atoms with Crippen LogP contribution in [0.25, 0.3) is 0 Å². The summed E-state index contributed by atoms with van der Waals surface area (Å²) in [5.74, 6) is 0.578. The summed E-state index contributed by atoms with van der Waals surface area (Å²) in [7, 11) is 0. The zero-order valence-corrected chi connectivity index (χ0v) is 9.16. The van der Waals surface area contributed by atoms with Crippen LogP contribution in [0.3, 0.4) is 0 Å². The second-order valence-corrected chi connectivity index (χ2v) is 5.57. The highest BCUT2D eigenvalue weighted by Crippen LogP contribution is 2.67. The van der Waals surface area contributed by atoms with Gasteiger partial charge < -0.3 is 5.11 Å². The highest BCUT2D eigenvalue weighted by molar-refractivity contribution is 5.89. The minimum absolute atomic E-state index is 0.178. The lowest BCUT2D eigenvalue weighted by Crippen LogP contribution is -2.33. The van der Waals surface area contributed by atoms with E-state index >= 15 is 0 Å². The fourth-order valence-electron chi connectivity index (χ4n) is 3.38. The van der Waals surface area contributed by atoms with Crippen LogP contribution in [0.2, 0.25) is 0 Å². The normalized spacial score (nSPS) is 41.0. The van der Waals surface area contributed by atoms with Crippen LogP contribution in [0.4, 0.5) is 0 Å².